The number of urea groups is 1. The van der Waals surface area contributed by atoms with Gasteiger partial charge in [0.2, 0.25) is 0 Å². The monoisotopic (exact) mass is 877 g/mol. The Morgan fingerprint density at radius 3 is 2.62 bits per heavy atom. The van der Waals surface area contributed by atoms with E-state index in [2.05, 4.69) is 68.8 Å². The van der Waals surface area contributed by atoms with E-state index in [9.17, 15) is 22.9 Å². The van der Waals surface area contributed by atoms with Gasteiger partial charge >= 0.3 is 6.03 Å². The van der Waals surface area contributed by atoms with E-state index < -0.39 is 26.6 Å². The molecule has 17 heteroatoms. The molecule has 1 unspecified atom stereocenters. The van der Waals surface area contributed by atoms with E-state index in [-0.39, 0.29) is 52.1 Å². The highest BCUT2D eigenvalue weighted by Crippen LogP contribution is 2.54. The molecule has 3 aromatic carbocycles. The SMILES string of the molecule is CC(C)c1ccccc1C1CCCN1C1CC2(CCN(c3cc(Oc4cnc5[nH]ccc5c4)c(C(=O)NS(=O)(=O)c4ccc(NCCN5CCNC5=O)c(N=O)c4)cc3F)CC2)C1. The number of likely N-dealkylation sites (tertiary alicyclic amines) is 1. The average Bonchev–Trinajstić information content (AvgIpc) is 4.05. The standard InChI is InChI=1S/C46H52FN9O6S/c1-29(2)34-6-3-4-7-35(34)40-8-5-17-56(40)31-26-46(27-31)12-18-54(19-13-46)41-25-42(62-32-22-30-11-14-49-43(30)51-28-32)36(24-37(41)47)44(57)53-63(60,61)33-9-10-38(39(23-33)52-59)48-15-20-55-21-16-50-45(55)58/h3-4,6-7,9-11,14,22-25,28-29,31,40,48H,5,8,12-13,15-21,26-27H2,1-2H3,(H,49,51)(H,50,58)(H,53,57). The van der Waals surface area contributed by atoms with Crippen molar-refractivity contribution in [2.45, 2.75) is 75.3 Å². The van der Waals surface area contributed by atoms with Crippen LogP contribution in [-0.4, -0.2) is 92.0 Å². The zero-order valence-corrected chi connectivity index (χ0v) is 36.2. The fourth-order valence-electron chi connectivity index (χ4n) is 10.0. The van der Waals surface area contributed by atoms with Gasteiger partial charge in [0.1, 0.15) is 28.7 Å². The van der Waals surface area contributed by atoms with E-state index in [4.69, 9.17) is 4.74 Å². The van der Waals surface area contributed by atoms with Gasteiger partial charge in [-0.25, -0.2) is 27.3 Å². The number of nitrogens with zero attached hydrogens (tertiary/aromatic N) is 5. The van der Waals surface area contributed by atoms with Crippen LogP contribution < -0.4 is 25.0 Å². The van der Waals surface area contributed by atoms with Crippen molar-refractivity contribution in [3.8, 4) is 11.5 Å². The Balaban J connectivity index is 0.908. The summed E-state index contributed by atoms with van der Waals surface area (Å²) in [5, 5.41) is 9.44. The maximum absolute atomic E-state index is 16.3. The highest BCUT2D eigenvalue weighted by atomic mass is 32.2. The van der Waals surface area contributed by atoms with Crippen LogP contribution in [-0.2, 0) is 10.0 Å². The van der Waals surface area contributed by atoms with Gasteiger partial charge in [0.25, 0.3) is 15.9 Å². The van der Waals surface area contributed by atoms with Gasteiger partial charge in [0.05, 0.1) is 28.0 Å². The minimum atomic E-state index is -4.59. The molecule has 4 N–H and O–H groups in total. The summed E-state index contributed by atoms with van der Waals surface area (Å²) in [7, 11) is -4.59. The molecule has 3 aliphatic heterocycles. The number of aromatic nitrogens is 2. The molecule has 4 aliphatic rings. The van der Waals surface area contributed by atoms with Crippen molar-refractivity contribution in [3.63, 3.8) is 0 Å². The van der Waals surface area contributed by atoms with Crippen molar-refractivity contribution in [2.75, 3.05) is 56.0 Å². The second-order valence-corrected chi connectivity index (χ2v) is 19.2. The summed E-state index contributed by atoms with van der Waals surface area (Å²) < 4.78 is 51.9. The van der Waals surface area contributed by atoms with Gasteiger partial charge in [0.15, 0.2) is 0 Å². The number of carbonyl (C=O) groups is 2. The first kappa shape index (κ1) is 42.2. The Hall–Kier alpha value is -6.07. The van der Waals surface area contributed by atoms with Crippen molar-refractivity contribution < 1.29 is 27.1 Å². The van der Waals surface area contributed by atoms with Crippen LogP contribution in [0.2, 0.25) is 0 Å². The van der Waals surface area contributed by atoms with Gasteiger partial charge in [-0.3, -0.25) is 9.69 Å². The maximum Gasteiger partial charge on any atom is 0.317 e. The lowest BCUT2D eigenvalue weighted by Crippen LogP contribution is -2.55. The minimum Gasteiger partial charge on any atom is -0.455 e. The van der Waals surface area contributed by atoms with Crippen LogP contribution in [0.25, 0.3) is 11.0 Å². The van der Waals surface area contributed by atoms with Crippen LogP contribution in [0.1, 0.15) is 85.8 Å². The molecule has 9 rings (SSSR count). The Labute approximate surface area is 365 Å². The van der Waals surface area contributed by atoms with Gasteiger partial charge in [-0.05, 0) is 109 Å². The topological polar surface area (TPSA) is 181 Å². The first-order chi connectivity index (χ1) is 30.4. The lowest BCUT2D eigenvalue weighted by atomic mass is 9.59. The summed E-state index contributed by atoms with van der Waals surface area (Å²) in [6.45, 7) is 8.58. The fourth-order valence-corrected chi connectivity index (χ4v) is 11.0. The van der Waals surface area contributed by atoms with E-state index in [1.54, 1.807) is 17.2 Å². The second kappa shape index (κ2) is 17.2. The van der Waals surface area contributed by atoms with Gasteiger partial charge in [-0.2, -0.15) is 0 Å². The lowest BCUT2D eigenvalue weighted by Gasteiger charge is -2.56. The summed E-state index contributed by atoms with van der Waals surface area (Å²) in [5.74, 6) is -1.14. The molecule has 0 bridgehead atoms. The Kier molecular flexibility index (Phi) is 11.6. The first-order valence-corrected chi connectivity index (χ1v) is 23.2. The van der Waals surface area contributed by atoms with E-state index in [1.807, 2.05) is 15.7 Å². The average molecular weight is 878 g/mol. The van der Waals surface area contributed by atoms with E-state index >= 15 is 4.39 Å². The quantitative estimate of drug-likeness (QED) is 0.0795. The van der Waals surface area contributed by atoms with Crippen molar-refractivity contribution in [1.29, 1.82) is 0 Å². The number of rotatable bonds is 14. The molecule has 330 valence electrons. The predicted molar refractivity (Wildman–Crippen MR) is 239 cm³/mol. The summed E-state index contributed by atoms with van der Waals surface area (Å²) in [5.41, 5.74) is 3.65. The number of carbonyl (C=O) groups excluding carboxylic acids is 2. The fraction of sp³-hybridized carbons (Fsp3) is 0.413. The van der Waals surface area contributed by atoms with Crippen LogP contribution in [0, 0.1) is 16.1 Å². The molecule has 3 amide bonds. The van der Waals surface area contributed by atoms with Gasteiger partial charge in [-0.15, -0.1) is 4.91 Å². The molecule has 15 nitrogen and oxygen atoms in total. The number of piperidine rings is 1. The molecular formula is C46H52FN9O6S. The highest BCUT2D eigenvalue weighted by molar-refractivity contribution is 7.90. The smallest absolute Gasteiger partial charge is 0.317 e. The number of halogens is 1. The molecule has 63 heavy (non-hydrogen) atoms. The number of anilines is 2. The predicted octanol–water partition coefficient (Wildman–Crippen LogP) is 8.16. The van der Waals surface area contributed by atoms with Crippen molar-refractivity contribution in [2.24, 2.45) is 10.6 Å². The van der Waals surface area contributed by atoms with Crippen LogP contribution >= 0.6 is 0 Å². The molecule has 5 heterocycles. The second-order valence-electron chi connectivity index (χ2n) is 17.6. The van der Waals surface area contributed by atoms with E-state index in [1.165, 1.54) is 48.4 Å². The van der Waals surface area contributed by atoms with Gasteiger partial charge in [-0.1, -0.05) is 38.1 Å². The van der Waals surface area contributed by atoms with E-state index in [0.717, 1.165) is 49.7 Å². The van der Waals surface area contributed by atoms with Crippen molar-refractivity contribution in [3.05, 3.63) is 107 Å². The Bertz CT molecular complexity index is 2660. The van der Waals surface area contributed by atoms with Crippen molar-refractivity contribution in [1.82, 2.24) is 29.8 Å². The number of nitrogens with one attached hydrogen (secondary N) is 4. The summed E-state index contributed by atoms with van der Waals surface area (Å²) in [6, 6.07) is 19.3. The molecule has 4 fully saturated rings. The third kappa shape index (κ3) is 8.55. The zero-order valence-electron chi connectivity index (χ0n) is 35.4. The van der Waals surface area contributed by atoms with Gasteiger partial charge < -0.3 is 30.2 Å². The summed E-state index contributed by atoms with van der Waals surface area (Å²) in [6.07, 6.45) is 9.59. The maximum atomic E-state index is 16.3. The number of hydrogen-bond donors (Lipinski definition) is 4. The molecule has 1 atom stereocenters. The number of ether oxygens (including phenoxy) is 1. The van der Waals surface area contributed by atoms with Crippen molar-refractivity contribution >= 4 is 50.1 Å². The normalized spacial score (nSPS) is 19.1. The zero-order chi connectivity index (χ0) is 43.9. The molecule has 2 aromatic heterocycles. The van der Waals surface area contributed by atoms with Gasteiger partial charge in [0, 0.05) is 69.0 Å². The third-order valence-electron chi connectivity index (χ3n) is 13.4. The molecule has 3 saturated heterocycles. The van der Waals surface area contributed by atoms with Crippen LogP contribution in [0.4, 0.5) is 26.2 Å². The largest absolute Gasteiger partial charge is 0.455 e. The number of H-pyrrole nitrogens is 1. The minimum absolute atomic E-state index is 0.0528. The molecule has 0 radical (unpaired) electrons. The number of nitroso groups, excluding NO2 is 1. The number of hydrogen-bond acceptors (Lipinski definition) is 11. The molecule has 1 saturated carbocycles. The summed E-state index contributed by atoms with van der Waals surface area (Å²) >= 11 is 0. The number of sulfonamides is 1. The number of benzene rings is 3. The van der Waals surface area contributed by atoms with Crippen LogP contribution in [0.15, 0.2) is 89.2 Å². The number of pyridine rings is 1. The first-order valence-electron chi connectivity index (χ1n) is 21.8. The van der Waals surface area contributed by atoms with Crippen LogP contribution in [0.5, 0.6) is 11.5 Å². The number of amides is 3. The molecule has 5 aromatic rings. The number of aromatic amines is 1. The Morgan fingerprint density at radius 1 is 1.05 bits per heavy atom. The number of fused-ring (bicyclic) bond motifs is 1. The lowest BCUT2D eigenvalue weighted by molar-refractivity contribution is -0.0228. The highest BCUT2D eigenvalue weighted by Gasteiger charge is 2.50. The summed E-state index contributed by atoms with van der Waals surface area (Å²) in [4.78, 5) is 50.9. The molecule has 1 spiro atoms. The van der Waals surface area contributed by atoms with Crippen LogP contribution in [0.3, 0.4) is 0 Å². The van der Waals surface area contributed by atoms with E-state index in [0.29, 0.717) is 56.4 Å². The molecular weight excluding hydrogens is 826 g/mol. The Morgan fingerprint density at radius 2 is 1.86 bits per heavy atom. The third-order valence-corrected chi connectivity index (χ3v) is 14.7. The molecule has 1 aliphatic carbocycles.